The highest BCUT2D eigenvalue weighted by Crippen LogP contribution is 2.16. The molecule has 29 heavy (non-hydrogen) atoms. The van der Waals surface area contributed by atoms with Gasteiger partial charge >= 0.3 is 0 Å². The Bertz CT molecular complexity index is 1040. The van der Waals surface area contributed by atoms with E-state index in [0.29, 0.717) is 18.1 Å². The van der Waals surface area contributed by atoms with E-state index in [4.69, 9.17) is 4.52 Å². The summed E-state index contributed by atoms with van der Waals surface area (Å²) in [5, 5.41) is 23.1. The Morgan fingerprint density at radius 1 is 1.38 bits per heavy atom. The van der Waals surface area contributed by atoms with Gasteiger partial charge in [0.1, 0.15) is 5.69 Å². The van der Waals surface area contributed by atoms with Crippen LogP contribution in [0.5, 0.6) is 0 Å². The number of carbonyl (C=O) groups excluding carboxylic acids is 2. The fraction of sp³-hybridized carbons (Fsp3) is 0.316. The van der Waals surface area contributed by atoms with Crippen LogP contribution in [0.4, 0.5) is 0 Å². The minimum absolute atomic E-state index is 0.107. The van der Waals surface area contributed by atoms with Crippen LogP contribution in [0.3, 0.4) is 0 Å². The number of aliphatic hydroxyl groups excluding tert-OH is 1. The monoisotopic (exact) mass is 396 g/mol. The van der Waals surface area contributed by atoms with E-state index in [1.807, 2.05) is 31.2 Å². The SMILES string of the molecule is Cc1ccc(-c2noc(CCNC(=O)c3cc4n(n3)CC(O)CNC4=O)n2)cc1. The second-order valence-corrected chi connectivity index (χ2v) is 6.84. The molecule has 0 saturated heterocycles. The van der Waals surface area contributed by atoms with Crippen molar-refractivity contribution in [2.45, 2.75) is 26.0 Å². The summed E-state index contributed by atoms with van der Waals surface area (Å²) in [4.78, 5) is 28.7. The number of aryl methyl sites for hydroxylation is 1. The number of carbonyl (C=O) groups is 2. The van der Waals surface area contributed by atoms with Gasteiger partial charge in [-0.15, -0.1) is 0 Å². The Morgan fingerprint density at radius 3 is 2.97 bits per heavy atom. The smallest absolute Gasteiger partial charge is 0.271 e. The van der Waals surface area contributed by atoms with E-state index in [9.17, 15) is 14.7 Å². The lowest BCUT2D eigenvalue weighted by Crippen LogP contribution is -2.30. The van der Waals surface area contributed by atoms with E-state index in [2.05, 4.69) is 25.9 Å². The molecule has 2 aromatic heterocycles. The van der Waals surface area contributed by atoms with Crippen molar-refractivity contribution >= 4 is 11.8 Å². The van der Waals surface area contributed by atoms with Crippen molar-refractivity contribution in [2.75, 3.05) is 13.1 Å². The van der Waals surface area contributed by atoms with Crippen LogP contribution in [0, 0.1) is 6.92 Å². The average Bonchev–Trinajstić information content (AvgIpc) is 3.31. The molecular formula is C19H20N6O4. The van der Waals surface area contributed by atoms with Crippen molar-refractivity contribution in [3.63, 3.8) is 0 Å². The second kappa shape index (κ2) is 7.84. The molecule has 3 N–H and O–H groups in total. The summed E-state index contributed by atoms with van der Waals surface area (Å²) < 4.78 is 6.57. The molecule has 1 aliphatic heterocycles. The van der Waals surface area contributed by atoms with Crippen molar-refractivity contribution < 1.29 is 19.2 Å². The Balaban J connectivity index is 1.35. The zero-order chi connectivity index (χ0) is 20.4. The predicted molar refractivity (Wildman–Crippen MR) is 101 cm³/mol. The number of hydrogen-bond acceptors (Lipinski definition) is 7. The number of rotatable bonds is 5. The van der Waals surface area contributed by atoms with Crippen molar-refractivity contribution in [2.24, 2.45) is 0 Å². The van der Waals surface area contributed by atoms with Crippen LogP contribution in [0.2, 0.25) is 0 Å². The van der Waals surface area contributed by atoms with Gasteiger partial charge in [-0.2, -0.15) is 10.1 Å². The number of hydrogen-bond donors (Lipinski definition) is 3. The van der Waals surface area contributed by atoms with Crippen molar-refractivity contribution in [1.82, 2.24) is 30.6 Å². The van der Waals surface area contributed by atoms with Crippen LogP contribution in [-0.2, 0) is 13.0 Å². The van der Waals surface area contributed by atoms with Crippen LogP contribution < -0.4 is 10.6 Å². The van der Waals surface area contributed by atoms with Gasteiger partial charge in [0.15, 0.2) is 5.69 Å². The molecule has 150 valence electrons. The van der Waals surface area contributed by atoms with Gasteiger partial charge in [-0.25, -0.2) is 0 Å². The summed E-state index contributed by atoms with van der Waals surface area (Å²) in [5.74, 6) is 0.103. The Hall–Kier alpha value is -3.53. The highest BCUT2D eigenvalue weighted by Gasteiger charge is 2.24. The van der Waals surface area contributed by atoms with Gasteiger partial charge in [0.25, 0.3) is 11.8 Å². The molecule has 4 rings (SSSR count). The minimum atomic E-state index is -0.753. The average molecular weight is 396 g/mol. The normalized spacial score (nSPS) is 16.1. The molecule has 1 aliphatic rings. The first-order valence-electron chi connectivity index (χ1n) is 9.21. The molecule has 0 aliphatic carbocycles. The molecule has 0 bridgehead atoms. The summed E-state index contributed by atoms with van der Waals surface area (Å²) in [6.45, 7) is 2.57. The maximum atomic E-state index is 12.3. The molecule has 0 saturated carbocycles. The molecule has 1 unspecified atom stereocenters. The predicted octanol–water partition coefficient (Wildman–Crippen LogP) is 0.318. The number of amides is 2. The van der Waals surface area contributed by atoms with Crippen molar-refractivity contribution in [3.05, 3.63) is 53.2 Å². The maximum Gasteiger partial charge on any atom is 0.271 e. The molecule has 0 spiro atoms. The van der Waals surface area contributed by atoms with E-state index in [1.165, 1.54) is 10.7 Å². The summed E-state index contributed by atoms with van der Waals surface area (Å²) in [6, 6.07) is 9.18. The van der Waals surface area contributed by atoms with E-state index < -0.39 is 12.0 Å². The quantitative estimate of drug-likeness (QED) is 0.565. The Labute approximate surface area is 165 Å². The number of aromatic nitrogens is 4. The maximum absolute atomic E-state index is 12.3. The largest absolute Gasteiger partial charge is 0.389 e. The number of aliphatic hydroxyl groups is 1. The van der Waals surface area contributed by atoms with Crippen LogP contribution in [0.15, 0.2) is 34.9 Å². The summed E-state index contributed by atoms with van der Waals surface area (Å²) in [6.07, 6.45) is -0.395. The molecule has 10 heteroatoms. The highest BCUT2D eigenvalue weighted by molar-refractivity contribution is 5.98. The number of nitrogens with one attached hydrogen (secondary N) is 2. The lowest BCUT2D eigenvalue weighted by molar-refractivity contribution is 0.0931. The number of benzene rings is 1. The highest BCUT2D eigenvalue weighted by atomic mass is 16.5. The van der Waals surface area contributed by atoms with Gasteiger partial charge in [0.2, 0.25) is 11.7 Å². The summed E-state index contributed by atoms with van der Waals surface area (Å²) >= 11 is 0. The Kier molecular flexibility index (Phi) is 5.09. The van der Waals surface area contributed by atoms with Crippen LogP contribution in [0.1, 0.15) is 32.4 Å². The Morgan fingerprint density at radius 2 is 2.17 bits per heavy atom. The van der Waals surface area contributed by atoms with Gasteiger partial charge < -0.3 is 20.3 Å². The molecule has 2 amide bonds. The fourth-order valence-corrected chi connectivity index (χ4v) is 2.96. The summed E-state index contributed by atoms with van der Waals surface area (Å²) in [7, 11) is 0. The van der Waals surface area contributed by atoms with E-state index in [-0.39, 0.29) is 36.9 Å². The van der Waals surface area contributed by atoms with Gasteiger partial charge in [-0.1, -0.05) is 35.0 Å². The molecule has 1 aromatic carbocycles. The molecule has 3 aromatic rings. The molecule has 0 radical (unpaired) electrons. The first-order valence-corrected chi connectivity index (χ1v) is 9.21. The lowest BCUT2D eigenvalue weighted by atomic mass is 10.1. The molecule has 10 nitrogen and oxygen atoms in total. The standard InChI is InChI=1S/C19H20N6O4/c1-11-2-4-12(5-3-11)17-22-16(29-24-17)6-7-20-18(27)14-8-15-19(28)21-9-13(26)10-25(15)23-14/h2-5,8,13,26H,6-7,9-10H2,1H3,(H,20,27)(H,21,28). The lowest BCUT2D eigenvalue weighted by Gasteiger charge is -2.06. The third-order valence-electron chi connectivity index (χ3n) is 4.53. The first kappa shape index (κ1) is 18.8. The molecular weight excluding hydrogens is 376 g/mol. The zero-order valence-electron chi connectivity index (χ0n) is 15.8. The van der Waals surface area contributed by atoms with Gasteiger partial charge in [-0.3, -0.25) is 14.3 Å². The first-order chi connectivity index (χ1) is 14.0. The summed E-state index contributed by atoms with van der Waals surface area (Å²) in [5.41, 5.74) is 2.35. The number of β-amino-alcohol motifs (C(OH)–C–C–N with tert-alkyl or cyclic N) is 1. The van der Waals surface area contributed by atoms with E-state index in [1.54, 1.807) is 0 Å². The zero-order valence-corrected chi connectivity index (χ0v) is 15.8. The van der Waals surface area contributed by atoms with Crippen LogP contribution >= 0.6 is 0 Å². The number of nitrogens with zero attached hydrogens (tertiary/aromatic N) is 4. The molecule has 1 atom stereocenters. The molecule has 0 fully saturated rings. The third kappa shape index (κ3) is 4.16. The van der Waals surface area contributed by atoms with Gasteiger partial charge in [0, 0.05) is 31.1 Å². The van der Waals surface area contributed by atoms with Crippen molar-refractivity contribution in [3.8, 4) is 11.4 Å². The number of fused-ring (bicyclic) bond motifs is 1. The topological polar surface area (TPSA) is 135 Å². The van der Waals surface area contributed by atoms with Gasteiger partial charge in [-0.05, 0) is 6.92 Å². The van der Waals surface area contributed by atoms with Crippen LogP contribution in [0.25, 0.3) is 11.4 Å². The van der Waals surface area contributed by atoms with E-state index >= 15 is 0 Å². The van der Waals surface area contributed by atoms with E-state index in [0.717, 1.165) is 11.1 Å². The minimum Gasteiger partial charge on any atom is -0.389 e. The third-order valence-corrected chi connectivity index (χ3v) is 4.53. The second-order valence-electron chi connectivity index (χ2n) is 6.84. The van der Waals surface area contributed by atoms with Crippen molar-refractivity contribution in [1.29, 1.82) is 0 Å². The molecule has 3 heterocycles. The van der Waals surface area contributed by atoms with Gasteiger partial charge in [0.05, 0.1) is 12.6 Å². The fourth-order valence-electron chi connectivity index (χ4n) is 2.96. The van der Waals surface area contributed by atoms with Crippen LogP contribution in [-0.4, -0.2) is 56.0 Å².